The molecule has 7 heteroatoms. The molecule has 0 saturated carbocycles. The first-order valence-corrected chi connectivity index (χ1v) is 6.46. The number of amides is 1. The summed E-state index contributed by atoms with van der Waals surface area (Å²) in [6.45, 7) is 0. The number of carbonyl (C=O) groups excluding carboxylic acids is 1. The average molecular weight is 365 g/mol. The van der Waals surface area contributed by atoms with Gasteiger partial charge in [-0.15, -0.1) is 0 Å². The van der Waals surface area contributed by atoms with Crippen molar-refractivity contribution in [1.82, 2.24) is 0 Å². The summed E-state index contributed by atoms with van der Waals surface area (Å²) in [6.07, 6.45) is 0. The number of halogens is 5. The minimum absolute atomic E-state index is 0.0156. The Balaban J connectivity index is 2.30. The number of nitrogens with one attached hydrogen (secondary N) is 1. The monoisotopic (exact) mass is 363 g/mol. The predicted octanol–water partition coefficient (Wildman–Crippen LogP) is 4.77. The molecule has 0 aliphatic heterocycles. The molecule has 20 heavy (non-hydrogen) atoms. The normalized spacial score (nSPS) is 10.4. The zero-order valence-electron chi connectivity index (χ0n) is 9.68. The highest BCUT2D eigenvalue weighted by Crippen LogP contribution is 2.25. The van der Waals surface area contributed by atoms with Crippen molar-refractivity contribution in [3.63, 3.8) is 0 Å². The van der Waals surface area contributed by atoms with Gasteiger partial charge in [0.1, 0.15) is 11.5 Å². The third-order valence-electron chi connectivity index (χ3n) is 2.43. The smallest absolute Gasteiger partial charge is 0.255 e. The molecule has 0 aromatic heterocycles. The van der Waals surface area contributed by atoms with Crippen molar-refractivity contribution in [2.45, 2.75) is 0 Å². The Kier molecular flexibility index (Phi) is 4.35. The molecule has 0 heterocycles. The van der Waals surface area contributed by atoms with Crippen molar-refractivity contribution in [3.8, 4) is 0 Å². The zero-order valence-corrected chi connectivity index (χ0v) is 12.0. The summed E-state index contributed by atoms with van der Waals surface area (Å²) >= 11 is 8.46. The summed E-state index contributed by atoms with van der Waals surface area (Å²) in [6, 6.07) is 5.24. The first kappa shape index (κ1) is 14.9. The summed E-state index contributed by atoms with van der Waals surface area (Å²) in [4.78, 5) is 11.8. The fourth-order valence-electron chi connectivity index (χ4n) is 1.48. The van der Waals surface area contributed by atoms with Gasteiger partial charge in [-0.05, 0) is 30.3 Å². The highest BCUT2D eigenvalue weighted by molar-refractivity contribution is 9.10. The molecule has 2 aromatic rings. The molecule has 1 amide bonds. The van der Waals surface area contributed by atoms with E-state index in [9.17, 15) is 18.0 Å². The Morgan fingerprint density at radius 1 is 1.05 bits per heavy atom. The van der Waals surface area contributed by atoms with E-state index in [1.165, 1.54) is 0 Å². The Morgan fingerprint density at radius 2 is 1.65 bits per heavy atom. The van der Waals surface area contributed by atoms with Crippen LogP contribution in [0.5, 0.6) is 0 Å². The van der Waals surface area contributed by atoms with E-state index in [1.807, 2.05) is 0 Å². The highest BCUT2D eigenvalue weighted by Gasteiger charge is 2.15. The third kappa shape index (κ3) is 3.13. The lowest BCUT2D eigenvalue weighted by atomic mass is 10.2. The molecule has 0 aliphatic carbocycles. The van der Waals surface area contributed by atoms with E-state index in [0.717, 1.165) is 30.3 Å². The minimum atomic E-state index is -0.932. The summed E-state index contributed by atoms with van der Waals surface area (Å²) in [5.41, 5.74) is -0.600. The van der Waals surface area contributed by atoms with Crippen LogP contribution in [0.2, 0.25) is 5.02 Å². The number of benzene rings is 2. The Bertz CT molecular complexity index is 670. The number of rotatable bonds is 2. The van der Waals surface area contributed by atoms with Crippen molar-refractivity contribution in [2.75, 3.05) is 5.32 Å². The van der Waals surface area contributed by atoms with E-state index in [2.05, 4.69) is 21.2 Å². The molecule has 0 radical (unpaired) electrons. The largest absolute Gasteiger partial charge is 0.317 e. The molecular formula is C13H6BrClF3NO. The van der Waals surface area contributed by atoms with Crippen LogP contribution >= 0.6 is 27.5 Å². The van der Waals surface area contributed by atoms with Gasteiger partial charge in [0, 0.05) is 10.0 Å². The fourth-order valence-corrected chi connectivity index (χ4v) is 2.07. The highest BCUT2D eigenvalue weighted by atomic mass is 79.9. The topological polar surface area (TPSA) is 29.1 Å². The maximum atomic E-state index is 13.6. The molecule has 0 spiro atoms. The average Bonchev–Trinajstić information content (AvgIpc) is 2.36. The lowest BCUT2D eigenvalue weighted by Gasteiger charge is -2.08. The second-order valence-electron chi connectivity index (χ2n) is 3.83. The van der Waals surface area contributed by atoms with E-state index in [4.69, 9.17) is 11.6 Å². The minimum Gasteiger partial charge on any atom is -0.317 e. The predicted molar refractivity (Wildman–Crippen MR) is 73.4 cm³/mol. The van der Waals surface area contributed by atoms with E-state index in [0.29, 0.717) is 0 Å². The molecule has 0 aliphatic rings. The number of anilines is 1. The second kappa shape index (κ2) is 5.85. The van der Waals surface area contributed by atoms with Crippen LogP contribution in [-0.2, 0) is 0 Å². The Labute approximate surface area is 125 Å². The number of hydrogen-bond acceptors (Lipinski definition) is 1. The van der Waals surface area contributed by atoms with Crippen LogP contribution in [0.4, 0.5) is 18.9 Å². The lowest BCUT2D eigenvalue weighted by molar-refractivity contribution is 0.102. The summed E-state index contributed by atoms with van der Waals surface area (Å²) in [5, 5.41) is 1.82. The fraction of sp³-hybridized carbons (Fsp3) is 0. The summed E-state index contributed by atoms with van der Waals surface area (Å²) in [5.74, 6) is -3.35. The van der Waals surface area contributed by atoms with Crippen LogP contribution in [-0.4, -0.2) is 5.91 Å². The molecule has 0 bridgehead atoms. The van der Waals surface area contributed by atoms with Gasteiger partial charge in [-0.1, -0.05) is 27.5 Å². The molecule has 2 aromatic carbocycles. The van der Waals surface area contributed by atoms with E-state index in [1.54, 1.807) is 0 Å². The molecule has 0 fully saturated rings. The van der Waals surface area contributed by atoms with Gasteiger partial charge in [-0.25, -0.2) is 13.2 Å². The summed E-state index contributed by atoms with van der Waals surface area (Å²) in [7, 11) is 0. The van der Waals surface area contributed by atoms with Crippen molar-refractivity contribution < 1.29 is 18.0 Å². The van der Waals surface area contributed by atoms with Gasteiger partial charge in [-0.3, -0.25) is 4.79 Å². The van der Waals surface area contributed by atoms with Crippen molar-refractivity contribution >= 4 is 39.1 Å². The van der Waals surface area contributed by atoms with E-state index in [-0.39, 0.29) is 15.1 Å². The number of hydrogen-bond donors (Lipinski definition) is 1. The van der Waals surface area contributed by atoms with Crippen LogP contribution < -0.4 is 5.32 Å². The van der Waals surface area contributed by atoms with Crippen LogP contribution in [0.1, 0.15) is 10.4 Å². The summed E-state index contributed by atoms with van der Waals surface area (Å²) < 4.78 is 40.3. The van der Waals surface area contributed by atoms with E-state index >= 15 is 0 Å². The maximum Gasteiger partial charge on any atom is 0.255 e. The Morgan fingerprint density at radius 3 is 2.20 bits per heavy atom. The van der Waals surface area contributed by atoms with Crippen molar-refractivity contribution in [3.05, 3.63) is 62.8 Å². The second-order valence-corrected chi connectivity index (χ2v) is 5.15. The molecule has 104 valence electrons. The number of carbonyl (C=O) groups is 1. The molecule has 0 atom stereocenters. The first-order chi connectivity index (χ1) is 9.38. The van der Waals surface area contributed by atoms with Crippen LogP contribution in [0, 0.1) is 17.5 Å². The molecule has 1 N–H and O–H groups in total. The van der Waals surface area contributed by atoms with Gasteiger partial charge in [0.15, 0.2) is 11.6 Å². The third-order valence-corrected chi connectivity index (χ3v) is 3.17. The van der Waals surface area contributed by atoms with Crippen molar-refractivity contribution in [2.24, 2.45) is 0 Å². The van der Waals surface area contributed by atoms with Crippen LogP contribution in [0.3, 0.4) is 0 Å². The first-order valence-electron chi connectivity index (χ1n) is 5.29. The van der Waals surface area contributed by atoms with Gasteiger partial charge >= 0.3 is 0 Å². The molecular weight excluding hydrogens is 359 g/mol. The zero-order chi connectivity index (χ0) is 14.9. The van der Waals surface area contributed by atoms with E-state index < -0.39 is 29.0 Å². The Hall–Kier alpha value is -1.53. The van der Waals surface area contributed by atoms with Gasteiger partial charge < -0.3 is 5.32 Å². The van der Waals surface area contributed by atoms with Crippen LogP contribution in [0.25, 0.3) is 0 Å². The molecule has 2 rings (SSSR count). The van der Waals surface area contributed by atoms with Crippen molar-refractivity contribution in [1.29, 1.82) is 0 Å². The molecule has 2 nitrogen and oxygen atoms in total. The maximum absolute atomic E-state index is 13.6. The molecule has 0 saturated heterocycles. The lowest BCUT2D eigenvalue weighted by Crippen LogP contribution is -2.14. The SMILES string of the molecule is O=C(Nc1c(F)cc(Br)cc1F)c1ccc(F)c(Cl)c1. The quantitative estimate of drug-likeness (QED) is 0.817. The molecule has 0 unspecified atom stereocenters. The van der Waals surface area contributed by atoms with Gasteiger partial charge in [0.25, 0.3) is 5.91 Å². The van der Waals surface area contributed by atoms with Gasteiger partial charge in [0.2, 0.25) is 0 Å². The van der Waals surface area contributed by atoms with Crippen LogP contribution in [0.15, 0.2) is 34.8 Å². The van der Waals surface area contributed by atoms with Gasteiger partial charge in [0.05, 0.1) is 5.02 Å². The standard InChI is InChI=1S/C13H6BrClF3NO/c14-7-4-10(17)12(11(18)5-7)19-13(20)6-1-2-9(16)8(15)3-6/h1-5H,(H,19,20). The van der Waals surface area contributed by atoms with Gasteiger partial charge in [-0.2, -0.15) is 0 Å².